The van der Waals surface area contributed by atoms with E-state index in [4.69, 9.17) is 0 Å². The maximum Gasteiger partial charge on any atom is 0.326 e. The molecule has 0 bridgehead atoms. The number of carbonyl (C=O) groups is 2. The summed E-state index contributed by atoms with van der Waals surface area (Å²) in [7, 11) is 0. The lowest BCUT2D eigenvalue weighted by molar-refractivity contribution is -0.139. The van der Waals surface area contributed by atoms with Crippen molar-refractivity contribution in [1.82, 2.24) is 10.3 Å². The normalized spacial score (nSPS) is 12.0. The molecule has 6 N–H and O–H groups in total. The van der Waals surface area contributed by atoms with Crippen molar-refractivity contribution in [2.45, 2.75) is 12.5 Å². The molecule has 0 fully saturated rings. The first-order valence-corrected chi connectivity index (χ1v) is 7.70. The highest BCUT2D eigenvalue weighted by Gasteiger charge is 2.25. The van der Waals surface area contributed by atoms with Gasteiger partial charge in [0.2, 0.25) is 0 Å². The number of phenols is 3. The van der Waals surface area contributed by atoms with Crippen LogP contribution in [0, 0.1) is 0 Å². The average molecular weight is 356 g/mol. The van der Waals surface area contributed by atoms with Gasteiger partial charge in [-0.1, -0.05) is 6.07 Å². The molecule has 0 aliphatic carbocycles. The molecule has 3 aromatic rings. The Balaban J connectivity index is 1.87. The Bertz CT molecular complexity index is 974. The number of aromatic hydroxyl groups is 3. The van der Waals surface area contributed by atoms with Crippen molar-refractivity contribution >= 4 is 22.8 Å². The highest BCUT2D eigenvalue weighted by Crippen LogP contribution is 2.27. The molecule has 0 saturated heterocycles. The van der Waals surface area contributed by atoms with Gasteiger partial charge in [0.1, 0.15) is 28.9 Å². The number of hydrogen-bond acceptors (Lipinski definition) is 5. The van der Waals surface area contributed by atoms with Gasteiger partial charge in [0.15, 0.2) is 0 Å². The van der Waals surface area contributed by atoms with Crippen LogP contribution in [0.4, 0.5) is 0 Å². The number of aliphatic carboxylic acids is 1. The molecule has 2 aromatic carbocycles. The number of H-pyrrole nitrogens is 1. The van der Waals surface area contributed by atoms with Crippen molar-refractivity contribution in [3.05, 3.63) is 53.7 Å². The molecule has 0 spiro atoms. The Morgan fingerprint density at radius 3 is 2.42 bits per heavy atom. The van der Waals surface area contributed by atoms with E-state index in [1.165, 1.54) is 30.3 Å². The van der Waals surface area contributed by atoms with Gasteiger partial charge in [0.25, 0.3) is 5.91 Å². The highest BCUT2D eigenvalue weighted by atomic mass is 16.4. The topological polar surface area (TPSA) is 143 Å². The molecule has 8 heteroatoms. The second kappa shape index (κ2) is 6.67. The quantitative estimate of drug-likeness (QED) is 0.411. The van der Waals surface area contributed by atoms with Gasteiger partial charge >= 0.3 is 5.97 Å². The van der Waals surface area contributed by atoms with Crippen molar-refractivity contribution < 1.29 is 30.0 Å². The molecule has 0 aliphatic rings. The van der Waals surface area contributed by atoms with E-state index in [1.54, 1.807) is 12.3 Å². The number of aromatic amines is 1. The van der Waals surface area contributed by atoms with E-state index in [-0.39, 0.29) is 12.2 Å². The summed E-state index contributed by atoms with van der Waals surface area (Å²) in [6.07, 6.45) is 1.54. The Hall–Kier alpha value is -3.68. The molecular formula is C18H16N2O6. The van der Waals surface area contributed by atoms with E-state index in [0.717, 1.165) is 0 Å². The molecule has 0 radical (unpaired) electrons. The number of amides is 1. The Labute approximate surface area is 147 Å². The van der Waals surface area contributed by atoms with Crippen LogP contribution in [0.15, 0.2) is 42.6 Å². The van der Waals surface area contributed by atoms with Crippen molar-refractivity contribution in [2.75, 3.05) is 0 Å². The van der Waals surface area contributed by atoms with Crippen LogP contribution in [0.2, 0.25) is 0 Å². The van der Waals surface area contributed by atoms with Crippen LogP contribution in [0.5, 0.6) is 17.2 Å². The lowest BCUT2D eigenvalue weighted by Crippen LogP contribution is -2.42. The molecule has 26 heavy (non-hydrogen) atoms. The second-order valence-electron chi connectivity index (χ2n) is 5.78. The third kappa shape index (κ3) is 3.25. The van der Waals surface area contributed by atoms with Gasteiger partial charge in [-0.2, -0.15) is 0 Å². The first-order chi connectivity index (χ1) is 12.4. The van der Waals surface area contributed by atoms with Crippen LogP contribution in [0.1, 0.15) is 15.9 Å². The zero-order valence-electron chi connectivity index (χ0n) is 13.4. The number of benzene rings is 2. The van der Waals surface area contributed by atoms with E-state index in [0.29, 0.717) is 16.5 Å². The average Bonchev–Trinajstić information content (AvgIpc) is 2.96. The number of carboxylic acids is 1. The highest BCUT2D eigenvalue weighted by molar-refractivity contribution is 6.01. The van der Waals surface area contributed by atoms with Crippen molar-refractivity contribution in [3.8, 4) is 17.2 Å². The zero-order valence-corrected chi connectivity index (χ0v) is 13.4. The number of hydrogen-bond donors (Lipinski definition) is 6. The molecule has 3 rings (SSSR count). The summed E-state index contributed by atoms with van der Waals surface area (Å²) in [5.41, 5.74) is 0.909. The van der Waals surface area contributed by atoms with E-state index in [9.17, 15) is 30.0 Å². The molecule has 134 valence electrons. The minimum atomic E-state index is -1.30. The largest absolute Gasteiger partial charge is 0.508 e. The smallest absolute Gasteiger partial charge is 0.326 e. The summed E-state index contributed by atoms with van der Waals surface area (Å²) in [4.78, 5) is 26.8. The van der Waals surface area contributed by atoms with Gasteiger partial charge in [0.05, 0.1) is 0 Å². The van der Waals surface area contributed by atoms with E-state index < -0.39 is 35.0 Å². The van der Waals surface area contributed by atoms with Gasteiger partial charge in [-0.15, -0.1) is 0 Å². The molecule has 0 aliphatic heterocycles. The second-order valence-corrected chi connectivity index (χ2v) is 5.78. The molecule has 1 heterocycles. The van der Waals surface area contributed by atoms with Crippen molar-refractivity contribution in [2.24, 2.45) is 0 Å². The third-order valence-corrected chi connectivity index (χ3v) is 4.03. The first-order valence-electron chi connectivity index (χ1n) is 7.70. The number of phenolic OH excluding ortho intramolecular Hbond substituents is 3. The fourth-order valence-corrected chi connectivity index (χ4v) is 2.75. The Kier molecular flexibility index (Phi) is 4.40. The van der Waals surface area contributed by atoms with Crippen molar-refractivity contribution in [1.29, 1.82) is 0 Å². The number of fused-ring (bicyclic) bond motifs is 1. The van der Waals surface area contributed by atoms with Crippen LogP contribution in [0.25, 0.3) is 10.9 Å². The third-order valence-electron chi connectivity index (χ3n) is 4.03. The number of aromatic nitrogens is 1. The summed E-state index contributed by atoms with van der Waals surface area (Å²) in [5.74, 6) is -3.06. The molecule has 1 amide bonds. The molecular weight excluding hydrogens is 340 g/mol. The van der Waals surface area contributed by atoms with Crippen LogP contribution in [-0.4, -0.2) is 43.3 Å². The summed E-state index contributed by atoms with van der Waals surface area (Å²) in [5, 5.41) is 41.5. The van der Waals surface area contributed by atoms with Crippen LogP contribution in [-0.2, 0) is 11.2 Å². The summed E-state index contributed by atoms with van der Waals surface area (Å²) in [6, 6.07) is 7.14. The monoisotopic (exact) mass is 356 g/mol. The fraction of sp³-hybridized carbons (Fsp3) is 0.111. The van der Waals surface area contributed by atoms with Gasteiger partial charge in [0, 0.05) is 23.5 Å². The lowest BCUT2D eigenvalue weighted by Gasteiger charge is -2.15. The molecule has 0 saturated carbocycles. The number of carbonyl (C=O) groups excluding carboxylic acids is 1. The van der Waals surface area contributed by atoms with Crippen LogP contribution < -0.4 is 5.32 Å². The Morgan fingerprint density at radius 1 is 1.08 bits per heavy atom. The molecule has 8 nitrogen and oxygen atoms in total. The van der Waals surface area contributed by atoms with E-state index >= 15 is 0 Å². The summed E-state index contributed by atoms with van der Waals surface area (Å²) in [6.45, 7) is 0. The standard InChI is InChI=1S/C18H16N2O6/c21-10-4-5-12-11(7-10)9(8-19-12)6-13(18(25)26)20-17(24)16-14(22)2-1-3-15(16)23/h1-5,7-8,13,19,21-23H,6H2,(H,20,24)(H,25,26)/t13-/m0/s1. The van der Waals surface area contributed by atoms with Crippen molar-refractivity contribution in [3.63, 3.8) is 0 Å². The first kappa shape index (κ1) is 17.2. The SMILES string of the molecule is O=C(N[C@@H](Cc1c[nH]c2ccc(O)cc12)C(=O)O)c1c(O)cccc1O. The lowest BCUT2D eigenvalue weighted by atomic mass is 10.0. The maximum absolute atomic E-state index is 12.3. The molecule has 1 aromatic heterocycles. The Morgan fingerprint density at radius 2 is 1.77 bits per heavy atom. The van der Waals surface area contributed by atoms with Gasteiger partial charge < -0.3 is 30.7 Å². The minimum absolute atomic E-state index is 0.0355. The van der Waals surface area contributed by atoms with Gasteiger partial charge in [-0.25, -0.2) is 4.79 Å². The number of carboxylic acid groups (broad SMARTS) is 1. The number of nitrogens with one attached hydrogen (secondary N) is 2. The van der Waals surface area contributed by atoms with Crippen LogP contribution >= 0.6 is 0 Å². The maximum atomic E-state index is 12.3. The zero-order chi connectivity index (χ0) is 18.8. The molecule has 1 atom stereocenters. The van der Waals surface area contributed by atoms with Gasteiger partial charge in [-0.3, -0.25) is 4.79 Å². The van der Waals surface area contributed by atoms with Gasteiger partial charge in [-0.05, 0) is 35.9 Å². The summed E-state index contributed by atoms with van der Waals surface area (Å²) < 4.78 is 0. The van der Waals surface area contributed by atoms with E-state index in [2.05, 4.69) is 10.3 Å². The fourth-order valence-electron chi connectivity index (χ4n) is 2.75. The molecule has 0 unspecified atom stereocenters. The van der Waals surface area contributed by atoms with Crippen LogP contribution in [0.3, 0.4) is 0 Å². The number of rotatable bonds is 5. The predicted molar refractivity (Wildman–Crippen MR) is 92.3 cm³/mol. The minimum Gasteiger partial charge on any atom is -0.508 e. The van der Waals surface area contributed by atoms with E-state index in [1.807, 2.05) is 0 Å². The predicted octanol–water partition coefficient (Wildman–Crippen LogP) is 1.71. The summed E-state index contributed by atoms with van der Waals surface area (Å²) >= 11 is 0.